The number of amides is 1. The second-order valence-electron chi connectivity index (χ2n) is 6.08. The highest BCUT2D eigenvalue weighted by Crippen LogP contribution is 2.25. The van der Waals surface area contributed by atoms with E-state index in [4.69, 9.17) is 21.4 Å². The number of aromatic carboxylic acids is 1. The number of ether oxygens (including phenoxy) is 1. The van der Waals surface area contributed by atoms with Gasteiger partial charge in [-0.1, -0.05) is 35.5 Å². The molecule has 0 aliphatic carbocycles. The van der Waals surface area contributed by atoms with E-state index in [1.807, 2.05) is 23.6 Å². The van der Waals surface area contributed by atoms with Crippen molar-refractivity contribution in [2.75, 3.05) is 11.1 Å². The number of thioether (sulfide) groups is 1. The Balaban J connectivity index is 1.56. The number of carbonyl (C=O) groups is 2. The predicted molar refractivity (Wildman–Crippen MR) is 114 cm³/mol. The molecule has 1 heterocycles. The topological polar surface area (TPSA) is 106 Å². The van der Waals surface area contributed by atoms with E-state index in [2.05, 4.69) is 15.5 Å². The van der Waals surface area contributed by atoms with Crippen LogP contribution in [0.5, 0.6) is 5.75 Å². The first-order chi connectivity index (χ1) is 14.5. The lowest BCUT2D eigenvalue weighted by Crippen LogP contribution is -2.15. The molecule has 0 bridgehead atoms. The highest BCUT2D eigenvalue weighted by Gasteiger charge is 2.14. The first-order valence-electron chi connectivity index (χ1n) is 9.03. The number of anilines is 1. The number of benzene rings is 2. The van der Waals surface area contributed by atoms with Gasteiger partial charge >= 0.3 is 5.97 Å². The molecule has 0 atom stereocenters. The summed E-state index contributed by atoms with van der Waals surface area (Å²) in [5, 5.41) is 21.1. The third-order valence-electron chi connectivity index (χ3n) is 4.05. The number of rotatable bonds is 9. The van der Waals surface area contributed by atoms with Crippen molar-refractivity contribution >= 4 is 40.9 Å². The maximum absolute atomic E-state index is 12.2. The fraction of sp³-hybridized carbons (Fsp3) is 0.200. The van der Waals surface area contributed by atoms with Gasteiger partial charge in [0.25, 0.3) is 0 Å². The molecule has 1 aromatic heterocycles. The molecule has 2 aromatic carbocycles. The van der Waals surface area contributed by atoms with Gasteiger partial charge in [-0.2, -0.15) is 0 Å². The maximum Gasteiger partial charge on any atom is 0.335 e. The summed E-state index contributed by atoms with van der Waals surface area (Å²) in [6, 6.07) is 13.1. The molecule has 3 rings (SSSR count). The summed E-state index contributed by atoms with van der Waals surface area (Å²) < 4.78 is 7.60. The van der Waals surface area contributed by atoms with Crippen molar-refractivity contribution in [3.8, 4) is 5.75 Å². The Hall–Kier alpha value is -3.04. The van der Waals surface area contributed by atoms with Crippen molar-refractivity contribution in [3.05, 3.63) is 64.9 Å². The van der Waals surface area contributed by atoms with Crippen molar-refractivity contribution in [1.82, 2.24) is 14.8 Å². The molecule has 3 aromatic rings. The second kappa shape index (κ2) is 10.1. The van der Waals surface area contributed by atoms with Gasteiger partial charge in [0.1, 0.15) is 12.4 Å². The molecule has 30 heavy (non-hydrogen) atoms. The molecule has 0 unspecified atom stereocenters. The minimum absolute atomic E-state index is 0.129. The maximum atomic E-state index is 12.2. The van der Waals surface area contributed by atoms with Gasteiger partial charge in [-0.15, -0.1) is 10.2 Å². The molecule has 2 N–H and O–H groups in total. The molecule has 0 saturated heterocycles. The fourth-order valence-electron chi connectivity index (χ4n) is 2.58. The largest absolute Gasteiger partial charge is 0.484 e. The van der Waals surface area contributed by atoms with Crippen LogP contribution in [0.4, 0.5) is 5.69 Å². The van der Waals surface area contributed by atoms with Gasteiger partial charge in [-0.05, 0) is 43.3 Å². The number of hydrogen-bond acceptors (Lipinski definition) is 6. The fourth-order valence-corrected chi connectivity index (χ4v) is 3.59. The van der Waals surface area contributed by atoms with E-state index in [-0.39, 0.29) is 23.8 Å². The van der Waals surface area contributed by atoms with Crippen LogP contribution in [0.15, 0.2) is 53.7 Å². The van der Waals surface area contributed by atoms with Crippen molar-refractivity contribution in [3.63, 3.8) is 0 Å². The van der Waals surface area contributed by atoms with E-state index >= 15 is 0 Å². The standard InChI is InChI=1S/C20H19ClN4O4S/c1-2-25-17(11-29-16-6-4-3-5-15(16)21)23-24-20(25)30-12-18(26)22-14-9-7-13(8-10-14)19(27)28/h3-10H,2,11-12H2,1H3,(H,22,26)(H,27,28). The van der Waals surface area contributed by atoms with E-state index in [1.165, 1.54) is 23.9 Å². The molecule has 0 radical (unpaired) electrons. The number of aromatic nitrogens is 3. The van der Waals surface area contributed by atoms with Crippen LogP contribution in [0, 0.1) is 0 Å². The third-order valence-corrected chi connectivity index (χ3v) is 5.33. The average Bonchev–Trinajstić information content (AvgIpc) is 3.14. The zero-order valence-electron chi connectivity index (χ0n) is 16.0. The van der Waals surface area contributed by atoms with Crippen LogP contribution in [-0.2, 0) is 17.9 Å². The number of hydrogen-bond donors (Lipinski definition) is 2. The minimum Gasteiger partial charge on any atom is -0.484 e. The van der Waals surface area contributed by atoms with Gasteiger partial charge in [0, 0.05) is 12.2 Å². The summed E-state index contributed by atoms with van der Waals surface area (Å²) in [7, 11) is 0. The Bertz CT molecular complexity index is 1040. The summed E-state index contributed by atoms with van der Waals surface area (Å²) in [6.07, 6.45) is 0. The summed E-state index contributed by atoms with van der Waals surface area (Å²) >= 11 is 7.35. The van der Waals surface area contributed by atoms with Crippen LogP contribution < -0.4 is 10.1 Å². The smallest absolute Gasteiger partial charge is 0.335 e. The molecule has 0 aliphatic heterocycles. The number of nitrogens with one attached hydrogen (secondary N) is 1. The molecule has 0 saturated carbocycles. The van der Waals surface area contributed by atoms with Gasteiger partial charge in [0.05, 0.1) is 16.3 Å². The van der Waals surface area contributed by atoms with Crippen LogP contribution in [0.1, 0.15) is 23.1 Å². The monoisotopic (exact) mass is 446 g/mol. The lowest BCUT2D eigenvalue weighted by molar-refractivity contribution is -0.113. The van der Waals surface area contributed by atoms with Crippen LogP contribution >= 0.6 is 23.4 Å². The molecule has 10 heteroatoms. The van der Waals surface area contributed by atoms with E-state index in [1.54, 1.807) is 24.3 Å². The highest BCUT2D eigenvalue weighted by molar-refractivity contribution is 7.99. The zero-order valence-corrected chi connectivity index (χ0v) is 17.6. The lowest BCUT2D eigenvalue weighted by atomic mass is 10.2. The lowest BCUT2D eigenvalue weighted by Gasteiger charge is -2.10. The quantitative estimate of drug-likeness (QED) is 0.479. The van der Waals surface area contributed by atoms with E-state index in [9.17, 15) is 9.59 Å². The van der Waals surface area contributed by atoms with Gasteiger partial charge in [-0.3, -0.25) is 4.79 Å². The summed E-state index contributed by atoms with van der Waals surface area (Å²) in [5.41, 5.74) is 0.682. The molecule has 1 amide bonds. The van der Waals surface area contributed by atoms with Crippen LogP contribution in [0.25, 0.3) is 0 Å². The number of carbonyl (C=O) groups excluding carboxylic acids is 1. The van der Waals surface area contributed by atoms with E-state index in [0.29, 0.717) is 34.0 Å². The van der Waals surface area contributed by atoms with Crippen molar-refractivity contribution in [1.29, 1.82) is 0 Å². The van der Waals surface area contributed by atoms with Crippen LogP contribution in [0.2, 0.25) is 5.02 Å². The van der Waals surface area contributed by atoms with Gasteiger partial charge in [0.2, 0.25) is 5.91 Å². The Labute approximate surface area is 182 Å². The predicted octanol–water partition coefficient (Wildman–Crippen LogP) is 3.96. The Morgan fingerprint density at radius 1 is 1.17 bits per heavy atom. The molecular weight excluding hydrogens is 428 g/mol. The molecule has 0 fully saturated rings. The summed E-state index contributed by atoms with van der Waals surface area (Å²) in [5.74, 6) is 0.0700. The second-order valence-corrected chi connectivity index (χ2v) is 7.43. The normalized spacial score (nSPS) is 10.6. The number of nitrogens with zero attached hydrogens (tertiary/aromatic N) is 3. The number of para-hydroxylation sites is 1. The first-order valence-corrected chi connectivity index (χ1v) is 10.4. The third kappa shape index (κ3) is 5.52. The van der Waals surface area contributed by atoms with Crippen molar-refractivity contribution in [2.24, 2.45) is 0 Å². The summed E-state index contributed by atoms with van der Waals surface area (Å²) in [6.45, 7) is 2.78. The van der Waals surface area contributed by atoms with E-state index in [0.717, 1.165) is 0 Å². The zero-order chi connectivity index (χ0) is 21.5. The molecule has 0 spiro atoms. The Morgan fingerprint density at radius 2 is 1.90 bits per heavy atom. The number of halogens is 1. The average molecular weight is 447 g/mol. The molecule has 156 valence electrons. The van der Waals surface area contributed by atoms with Gasteiger partial charge in [-0.25, -0.2) is 4.79 Å². The van der Waals surface area contributed by atoms with Crippen molar-refractivity contribution < 1.29 is 19.4 Å². The minimum atomic E-state index is -1.02. The van der Waals surface area contributed by atoms with Gasteiger partial charge < -0.3 is 19.7 Å². The molecular formula is C20H19ClN4O4S. The first kappa shape index (κ1) is 21.7. The molecule has 0 aliphatic rings. The highest BCUT2D eigenvalue weighted by atomic mass is 35.5. The Morgan fingerprint density at radius 3 is 2.57 bits per heavy atom. The van der Waals surface area contributed by atoms with Crippen LogP contribution in [0.3, 0.4) is 0 Å². The SMILES string of the molecule is CCn1c(COc2ccccc2Cl)nnc1SCC(=O)Nc1ccc(C(=O)O)cc1. The Kier molecular flexibility index (Phi) is 7.31. The summed E-state index contributed by atoms with van der Waals surface area (Å²) in [4.78, 5) is 23.1. The molecule has 8 nitrogen and oxygen atoms in total. The number of carboxylic acid groups (broad SMARTS) is 1. The van der Waals surface area contributed by atoms with Crippen molar-refractivity contribution in [2.45, 2.75) is 25.2 Å². The number of carboxylic acids is 1. The van der Waals surface area contributed by atoms with Gasteiger partial charge in [0.15, 0.2) is 11.0 Å². The van der Waals surface area contributed by atoms with E-state index < -0.39 is 5.97 Å². The van der Waals surface area contributed by atoms with Crippen LogP contribution in [-0.4, -0.2) is 37.5 Å².